The summed E-state index contributed by atoms with van der Waals surface area (Å²) in [7, 11) is 0. The highest BCUT2D eigenvalue weighted by atomic mass is 19.1. The Kier molecular flexibility index (Phi) is 4.75. The molecule has 0 aliphatic heterocycles. The molecule has 0 spiro atoms. The fourth-order valence-electron chi connectivity index (χ4n) is 2.59. The van der Waals surface area contributed by atoms with Gasteiger partial charge in [0.25, 0.3) is 0 Å². The molecule has 1 amide bonds. The zero-order chi connectivity index (χ0) is 17.8. The van der Waals surface area contributed by atoms with Crippen molar-refractivity contribution in [3.05, 3.63) is 83.4 Å². The molecule has 0 unspecified atom stereocenters. The Bertz CT molecular complexity index is 944. The summed E-state index contributed by atoms with van der Waals surface area (Å²) in [6.45, 7) is 3.88. The average molecular weight is 335 g/mol. The third-order valence-corrected chi connectivity index (χ3v) is 3.68. The van der Waals surface area contributed by atoms with E-state index in [2.05, 4.69) is 10.4 Å². The number of anilines is 1. The van der Waals surface area contributed by atoms with Gasteiger partial charge in [0.1, 0.15) is 5.82 Å². The van der Waals surface area contributed by atoms with Crippen molar-refractivity contribution in [2.75, 3.05) is 5.32 Å². The third-order valence-electron chi connectivity index (χ3n) is 3.68. The Morgan fingerprint density at radius 2 is 1.92 bits per heavy atom. The Labute approximate surface area is 145 Å². The lowest BCUT2D eigenvalue weighted by Crippen LogP contribution is -2.11. The highest BCUT2D eigenvalue weighted by Gasteiger charge is 2.09. The quantitative estimate of drug-likeness (QED) is 0.723. The summed E-state index contributed by atoms with van der Waals surface area (Å²) >= 11 is 0. The van der Waals surface area contributed by atoms with E-state index in [4.69, 9.17) is 0 Å². The van der Waals surface area contributed by atoms with Gasteiger partial charge in [-0.05, 0) is 55.8 Å². The summed E-state index contributed by atoms with van der Waals surface area (Å²) in [6.07, 6.45) is 2.96. The number of nitrogens with zero attached hydrogens (tertiary/aromatic N) is 2. The number of carbonyl (C=O) groups excluding carboxylic acids is 1. The molecule has 1 heterocycles. The molecule has 0 fully saturated rings. The van der Waals surface area contributed by atoms with Crippen molar-refractivity contribution < 1.29 is 9.18 Å². The van der Waals surface area contributed by atoms with Crippen molar-refractivity contribution >= 4 is 17.7 Å². The normalized spacial score (nSPS) is 11.0. The van der Waals surface area contributed by atoms with E-state index in [1.54, 1.807) is 22.9 Å². The second-order valence-corrected chi connectivity index (χ2v) is 5.73. The average Bonchev–Trinajstić information content (AvgIpc) is 2.92. The van der Waals surface area contributed by atoms with Crippen molar-refractivity contribution in [1.29, 1.82) is 0 Å². The summed E-state index contributed by atoms with van der Waals surface area (Å²) in [5, 5.41) is 7.31. The molecule has 1 aromatic heterocycles. The minimum Gasteiger partial charge on any atom is -0.321 e. The maximum Gasteiger partial charge on any atom is 0.248 e. The molecule has 0 saturated carbocycles. The smallest absolute Gasteiger partial charge is 0.248 e. The van der Waals surface area contributed by atoms with Gasteiger partial charge >= 0.3 is 0 Å². The number of amides is 1. The molecule has 3 rings (SSSR count). The van der Waals surface area contributed by atoms with E-state index >= 15 is 0 Å². The molecule has 2 aromatic carbocycles. The van der Waals surface area contributed by atoms with Gasteiger partial charge in [-0.3, -0.25) is 4.79 Å². The Hall–Kier alpha value is -3.21. The number of hydrogen-bond acceptors (Lipinski definition) is 2. The van der Waals surface area contributed by atoms with E-state index in [9.17, 15) is 9.18 Å². The number of aryl methyl sites for hydroxylation is 2. The summed E-state index contributed by atoms with van der Waals surface area (Å²) in [5.41, 5.74) is 3.96. The van der Waals surface area contributed by atoms with Crippen LogP contribution in [0, 0.1) is 19.7 Å². The van der Waals surface area contributed by atoms with Crippen molar-refractivity contribution in [2.24, 2.45) is 0 Å². The number of para-hydroxylation sites is 2. The van der Waals surface area contributed by atoms with Crippen molar-refractivity contribution in [1.82, 2.24) is 9.78 Å². The first-order valence-electron chi connectivity index (χ1n) is 7.90. The highest BCUT2D eigenvalue weighted by molar-refractivity contribution is 6.03. The monoisotopic (exact) mass is 335 g/mol. The van der Waals surface area contributed by atoms with Gasteiger partial charge in [-0.2, -0.15) is 5.10 Å². The molecule has 0 saturated heterocycles. The van der Waals surface area contributed by atoms with Gasteiger partial charge in [0, 0.05) is 11.8 Å². The number of halogens is 1. The first-order valence-corrected chi connectivity index (χ1v) is 7.90. The van der Waals surface area contributed by atoms with E-state index in [-0.39, 0.29) is 11.7 Å². The van der Waals surface area contributed by atoms with E-state index in [1.807, 2.05) is 44.2 Å². The summed E-state index contributed by atoms with van der Waals surface area (Å²) < 4.78 is 15.0. The van der Waals surface area contributed by atoms with Crippen molar-refractivity contribution in [2.45, 2.75) is 13.8 Å². The van der Waals surface area contributed by atoms with Gasteiger partial charge in [0.15, 0.2) is 0 Å². The fourth-order valence-corrected chi connectivity index (χ4v) is 2.59. The first-order chi connectivity index (χ1) is 12.0. The topological polar surface area (TPSA) is 46.9 Å². The van der Waals surface area contributed by atoms with Crippen LogP contribution in [0.15, 0.2) is 60.7 Å². The van der Waals surface area contributed by atoms with Crippen LogP contribution in [0.1, 0.15) is 17.0 Å². The molecule has 0 aliphatic rings. The molecule has 0 bridgehead atoms. The van der Waals surface area contributed by atoms with E-state index < -0.39 is 0 Å². The lowest BCUT2D eigenvalue weighted by molar-refractivity contribution is -0.111. The Balaban J connectivity index is 1.81. The van der Waals surface area contributed by atoms with Crippen molar-refractivity contribution in [3.63, 3.8) is 0 Å². The van der Waals surface area contributed by atoms with Gasteiger partial charge in [-0.1, -0.05) is 24.3 Å². The molecular formula is C20H18FN3O. The van der Waals surface area contributed by atoms with E-state index in [1.165, 1.54) is 18.2 Å². The molecule has 0 aliphatic carbocycles. The van der Waals surface area contributed by atoms with Crippen LogP contribution in [0.2, 0.25) is 0 Å². The van der Waals surface area contributed by atoms with Crippen LogP contribution < -0.4 is 5.32 Å². The molecule has 0 radical (unpaired) electrons. The van der Waals surface area contributed by atoms with Crippen LogP contribution >= 0.6 is 0 Å². The SMILES string of the molecule is Cc1cc(C)n(-c2ccccc2NC(=O)C=Cc2cccc(F)c2)n1. The minimum absolute atomic E-state index is 0.293. The van der Waals surface area contributed by atoms with Crippen LogP contribution in [0.5, 0.6) is 0 Å². The van der Waals surface area contributed by atoms with Gasteiger partial charge in [-0.15, -0.1) is 0 Å². The highest BCUT2D eigenvalue weighted by Crippen LogP contribution is 2.21. The molecular weight excluding hydrogens is 317 g/mol. The van der Waals surface area contributed by atoms with Crippen LogP contribution in [0.4, 0.5) is 10.1 Å². The van der Waals surface area contributed by atoms with E-state index in [0.717, 1.165) is 17.1 Å². The Morgan fingerprint density at radius 3 is 2.64 bits per heavy atom. The summed E-state index contributed by atoms with van der Waals surface area (Å²) in [6, 6.07) is 15.5. The first kappa shape index (κ1) is 16.6. The van der Waals surface area contributed by atoms with Crippen molar-refractivity contribution in [3.8, 4) is 5.69 Å². The maximum absolute atomic E-state index is 13.2. The zero-order valence-corrected chi connectivity index (χ0v) is 14.0. The number of hydrogen-bond donors (Lipinski definition) is 1. The second-order valence-electron chi connectivity index (χ2n) is 5.73. The number of rotatable bonds is 4. The van der Waals surface area contributed by atoms with Gasteiger partial charge < -0.3 is 5.32 Å². The number of carbonyl (C=O) groups is 1. The van der Waals surface area contributed by atoms with Crippen LogP contribution in [0.25, 0.3) is 11.8 Å². The Morgan fingerprint density at radius 1 is 1.12 bits per heavy atom. The zero-order valence-electron chi connectivity index (χ0n) is 14.0. The number of benzene rings is 2. The molecule has 0 atom stereocenters. The molecule has 4 nitrogen and oxygen atoms in total. The molecule has 5 heteroatoms. The lowest BCUT2D eigenvalue weighted by atomic mass is 10.2. The van der Waals surface area contributed by atoms with Crippen LogP contribution in [-0.4, -0.2) is 15.7 Å². The lowest BCUT2D eigenvalue weighted by Gasteiger charge is -2.11. The molecule has 126 valence electrons. The van der Waals surface area contributed by atoms with E-state index in [0.29, 0.717) is 11.3 Å². The number of nitrogens with one attached hydrogen (secondary N) is 1. The maximum atomic E-state index is 13.2. The molecule has 25 heavy (non-hydrogen) atoms. The summed E-state index contributed by atoms with van der Waals surface area (Å²) in [4.78, 5) is 12.2. The van der Waals surface area contributed by atoms with Gasteiger partial charge in [0.05, 0.1) is 17.1 Å². The fraction of sp³-hybridized carbons (Fsp3) is 0.100. The second kappa shape index (κ2) is 7.13. The number of aromatic nitrogens is 2. The third kappa shape index (κ3) is 4.01. The predicted octanol–water partition coefficient (Wildman–Crippen LogP) is 4.28. The van der Waals surface area contributed by atoms with Crippen LogP contribution in [-0.2, 0) is 4.79 Å². The largest absolute Gasteiger partial charge is 0.321 e. The van der Waals surface area contributed by atoms with Gasteiger partial charge in [0.2, 0.25) is 5.91 Å². The predicted molar refractivity (Wildman–Crippen MR) is 97.1 cm³/mol. The molecule has 3 aromatic rings. The van der Waals surface area contributed by atoms with Gasteiger partial charge in [-0.25, -0.2) is 9.07 Å². The standard InChI is InChI=1S/C20H18FN3O/c1-14-12-15(2)24(23-14)19-9-4-3-8-18(19)22-20(25)11-10-16-6-5-7-17(21)13-16/h3-13H,1-2H3,(H,22,25). The molecule has 1 N–H and O–H groups in total. The minimum atomic E-state index is -0.336. The summed E-state index contributed by atoms with van der Waals surface area (Å²) in [5.74, 6) is -0.629. The van der Waals surface area contributed by atoms with Crippen LogP contribution in [0.3, 0.4) is 0 Å².